The molecule has 0 aromatic rings. The van der Waals surface area contributed by atoms with Crippen LogP contribution in [0.2, 0.25) is 0 Å². The first-order chi connectivity index (χ1) is 4.60. The van der Waals surface area contributed by atoms with E-state index in [4.69, 9.17) is 0 Å². The van der Waals surface area contributed by atoms with Crippen LogP contribution in [0, 0.1) is 0 Å². The van der Waals surface area contributed by atoms with Crippen molar-refractivity contribution in [1.82, 2.24) is 0 Å². The average molecular weight is 146 g/mol. The van der Waals surface area contributed by atoms with Crippen molar-refractivity contribution in [2.75, 3.05) is 0 Å². The highest BCUT2D eigenvalue weighted by atomic mass is 16.3. The van der Waals surface area contributed by atoms with Crippen LogP contribution in [0.3, 0.4) is 0 Å². The Kier molecular flexibility index (Phi) is 3.91. The molecule has 0 aliphatic rings. The van der Waals surface area contributed by atoms with Gasteiger partial charge in [0, 0.05) is 0 Å². The van der Waals surface area contributed by atoms with Crippen molar-refractivity contribution in [3.8, 4) is 0 Å². The first-order valence-electron chi connectivity index (χ1n) is 4.01. The van der Waals surface area contributed by atoms with Crippen LogP contribution in [0.25, 0.3) is 0 Å². The summed E-state index contributed by atoms with van der Waals surface area (Å²) in [5, 5.41) is 19.0. The quantitative estimate of drug-likeness (QED) is 0.627. The van der Waals surface area contributed by atoms with E-state index >= 15 is 0 Å². The van der Waals surface area contributed by atoms with Gasteiger partial charge in [0.05, 0.1) is 11.7 Å². The van der Waals surface area contributed by atoms with E-state index in [-0.39, 0.29) is 0 Å². The zero-order valence-electron chi connectivity index (χ0n) is 7.09. The molecule has 2 heteroatoms. The molecule has 0 aromatic heterocycles. The zero-order valence-corrected chi connectivity index (χ0v) is 7.09. The largest absolute Gasteiger partial charge is 0.390 e. The van der Waals surface area contributed by atoms with E-state index in [9.17, 15) is 10.2 Å². The van der Waals surface area contributed by atoms with Gasteiger partial charge < -0.3 is 10.2 Å². The Hall–Kier alpha value is -0.0800. The Morgan fingerprint density at radius 1 is 1.20 bits per heavy atom. The van der Waals surface area contributed by atoms with Gasteiger partial charge in [-0.05, 0) is 19.3 Å². The number of hydrogen-bond acceptors (Lipinski definition) is 2. The van der Waals surface area contributed by atoms with Gasteiger partial charge in [-0.1, -0.05) is 20.8 Å². The van der Waals surface area contributed by atoms with E-state index in [0.29, 0.717) is 19.3 Å². The van der Waals surface area contributed by atoms with Gasteiger partial charge >= 0.3 is 0 Å². The van der Waals surface area contributed by atoms with Crippen LogP contribution in [-0.4, -0.2) is 21.9 Å². The smallest absolute Gasteiger partial charge is 0.0900 e. The van der Waals surface area contributed by atoms with Crippen molar-refractivity contribution in [1.29, 1.82) is 0 Å². The van der Waals surface area contributed by atoms with E-state index in [2.05, 4.69) is 0 Å². The minimum absolute atomic E-state index is 0.567. The van der Waals surface area contributed by atoms with Gasteiger partial charge in [0.25, 0.3) is 0 Å². The second kappa shape index (κ2) is 3.94. The molecule has 0 amide bonds. The Balaban J connectivity index is 4.02. The van der Waals surface area contributed by atoms with Crippen LogP contribution in [0.4, 0.5) is 0 Å². The molecule has 2 N–H and O–H groups in total. The van der Waals surface area contributed by atoms with Crippen molar-refractivity contribution >= 4 is 0 Å². The Morgan fingerprint density at radius 3 is 1.70 bits per heavy atom. The highest BCUT2D eigenvalue weighted by molar-refractivity contribution is 4.82. The van der Waals surface area contributed by atoms with Crippen LogP contribution in [0.1, 0.15) is 40.0 Å². The van der Waals surface area contributed by atoms with Gasteiger partial charge in [0.15, 0.2) is 0 Å². The van der Waals surface area contributed by atoms with Gasteiger partial charge in [-0.2, -0.15) is 0 Å². The third kappa shape index (κ3) is 1.96. The minimum Gasteiger partial charge on any atom is -0.390 e. The predicted molar refractivity (Wildman–Crippen MR) is 41.8 cm³/mol. The summed E-state index contributed by atoms with van der Waals surface area (Å²) in [6.07, 6.45) is 1.30. The molecule has 0 aromatic carbocycles. The molecule has 1 unspecified atom stereocenters. The molecular weight excluding hydrogens is 128 g/mol. The molecule has 10 heavy (non-hydrogen) atoms. The lowest BCUT2D eigenvalue weighted by Crippen LogP contribution is -2.40. The molecule has 0 fully saturated rings. The van der Waals surface area contributed by atoms with E-state index in [0.717, 1.165) is 0 Å². The lowest BCUT2D eigenvalue weighted by atomic mass is 9.89. The van der Waals surface area contributed by atoms with Gasteiger partial charge in [-0.15, -0.1) is 0 Å². The predicted octanol–water partition coefficient (Wildman–Crippen LogP) is 1.31. The molecule has 0 radical (unpaired) electrons. The molecular formula is C8H18O2. The van der Waals surface area contributed by atoms with Crippen LogP contribution in [0.15, 0.2) is 0 Å². The van der Waals surface area contributed by atoms with Gasteiger partial charge in [0.1, 0.15) is 0 Å². The molecule has 0 rings (SSSR count). The lowest BCUT2D eigenvalue weighted by molar-refractivity contribution is -0.0807. The van der Waals surface area contributed by atoms with E-state index in [1.54, 1.807) is 0 Å². The standard InChI is InChI=1S/C8H18O2/c1-4-7(9)8(10,5-2)6-3/h7,9-10H,4-6H2,1-3H3. The fraction of sp³-hybridized carbons (Fsp3) is 1.00. The molecule has 0 aliphatic heterocycles. The van der Waals surface area contributed by atoms with E-state index in [1.165, 1.54) is 0 Å². The highest BCUT2D eigenvalue weighted by Gasteiger charge is 2.29. The summed E-state index contributed by atoms with van der Waals surface area (Å²) in [5.74, 6) is 0. The highest BCUT2D eigenvalue weighted by Crippen LogP contribution is 2.21. The first kappa shape index (κ1) is 9.92. The summed E-state index contributed by atoms with van der Waals surface area (Å²) in [7, 11) is 0. The fourth-order valence-electron chi connectivity index (χ4n) is 1.10. The summed E-state index contributed by atoms with van der Waals surface area (Å²) in [5.41, 5.74) is -0.852. The van der Waals surface area contributed by atoms with Gasteiger partial charge in [0.2, 0.25) is 0 Å². The molecule has 0 aliphatic carbocycles. The van der Waals surface area contributed by atoms with Crippen molar-refractivity contribution in [3.05, 3.63) is 0 Å². The molecule has 62 valence electrons. The summed E-state index contributed by atoms with van der Waals surface area (Å²) in [6, 6.07) is 0. The van der Waals surface area contributed by atoms with Crippen molar-refractivity contribution in [2.24, 2.45) is 0 Å². The topological polar surface area (TPSA) is 40.5 Å². The van der Waals surface area contributed by atoms with Crippen LogP contribution < -0.4 is 0 Å². The van der Waals surface area contributed by atoms with Crippen molar-refractivity contribution in [2.45, 2.75) is 51.7 Å². The normalized spacial score (nSPS) is 15.3. The molecule has 0 bridgehead atoms. The minimum atomic E-state index is -0.852. The fourth-order valence-corrected chi connectivity index (χ4v) is 1.10. The van der Waals surface area contributed by atoms with E-state index < -0.39 is 11.7 Å². The molecule has 0 saturated carbocycles. The van der Waals surface area contributed by atoms with Crippen LogP contribution in [-0.2, 0) is 0 Å². The van der Waals surface area contributed by atoms with Gasteiger partial charge in [-0.25, -0.2) is 0 Å². The molecule has 2 nitrogen and oxygen atoms in total. The number of aliphatic hydroxyl groups excluding tert-OH is 1. The monoisotopic (exact) mass is 146 g/mol. The molecule has 0 saturated heterocycles. The summed E-state index contributed by atoms with van der Waals surface area (Å²) in [6.45, 7) is 5.66. The third-order valence-corrected chi connectivity index (χ3v) is 2.23. The Bertz CT molecular complexity index is 87.3. The maximum absolute atomic E-state index is 9.65. The SMILES string of the molecule is CCC(O)C(O)(CC)CC. The summed E-state index contributed by atoms with van der Waals surface area (Å²) < 4.78 is 0. The summed E-state index contributed by atoms with van der Waals surface area (Å²) >= 11 is 0. The Morgan fingerprint density at radius 2 is 1.60 bits per heavy atom. The molecule has 0 spiro atoms. The van der Waals surface area contributed by atoms with Crippen molar-refractivity contribution < 1.29 is 10.2 Å². The molecule has 1 atom stereocenters. The zero-order chi connectivity index (χ0) is 8.20. The van der Waals surface area contributed by atoms with Gasteiger partial charge in [-0.3, -0.25) is 0 Å². The Labute approximate surface area is 62.9 Å². The average Bonchev–Trinajstić information content (AvgIpc) is 2.01. The third-order valence-electron chi connectivity index (χ3n) is 2.23. The second-order valence-electron chi connectivity index (χ2n) is 2.73. The van der Waals surface area contributed by atoms with Crippen molar-refractivity contribution in [3.63, 3.8) is 0 Å². The maximum Gasteiger partial charge on any atom is 0.0900 e. The summed E-state index contributed by atoms with van der Waals surface area (Å²) in [4.78, 5) is 0. The van der Waals surface area contributed by atoms with E-state index in [1.807, 2.05) is 20.8 Å². The first-order valence-corrected chi connectivity index (χ1v) is 4.01. The second-order valence-corrected chi connectivity index (χ2v) is 2.73. The number of hydrogen-bond donors (Lipinski definition) is 2. The number of aliphatic hydroxyl groups is 2. The maximum atomic E-state index is 9.65. The molecule has 0 heterocycles. The van der Waals surface area contributed by atoms with Crippen LogP contribution >= 0.6 is 0 Å². The lowest BCUT2D eigenvalue weighted by Gasteiger charge is -2.30. The van der Waals surface area contributed by atoms with Crippen LogP contribution in [0.5, 0.6) is 0 Å². The number of rotatable bonds is 4.